The van der Waals surface area contributed by atoms with E-state index in [4.69, 9.17) is 23.7 Å². The summed E-state index contributed by atoms with van der Waals surface area (Å²) >= 11 is 2.18. The number of ether oxygens (including phenoxy) is 5. The van der Waals surface area contributed by atoms with Crippen LogP contribution in [0.4, 0.5) is 0 Å². The minimum atomic E-state index is -0.534. The maximum Gasteiger partial charge on any atom is 0.148 e. The van der Waals surface area contributed by atoms with Gasteiger partial charge in [0.05, 0.1) is 33.0 Å². The van der Waals surface area contributed by atoms with E-state index in [1.165, 1.54) is 8.93 Å². The molecule has 0 bridgehead atoms. The standard InChI is InChI=1S/C36H35IO5S/c37-43-22-21-32-34(39-24-29-15-7-2-8-16-29)36(41-26-31-19-11-4-12-20-31)35(40-25-30-17-9-3-10-18-30)33(42-32)27-38-23-28-13-5-1-6-14-28/h1-20,32-36H,23-27H2/t32?,33?,34?,35-,36?/m1/s1. The summed E-state index contributed by atoms with van der Waals surface area (Å²) in [5.74, 6) is 3.29. The monoisotopic (exact) mass is 706 g/mol. The summed E-state index contributed by atoms with van der Waals surface area (Å²) in [6.07, 6.45) is -2.39. The Kier molecular flexibility index (Phi) is 13.0. The van der Waals surface area contributed by atoms with E-state index in [9.17, 15) is 0 Å². The molecule has 222 valence electrons. The third-order valence-corrected chi connectivity index (χ3v) is 7.98. The summed E-state index contributed by atoms with van der Waals surface area (Å²) in [5, 5.41) is 3.13. The van der Waals surface area contributed by atoms with E-state index in [2.05, 4.69) is 80.9 Å². The van der Waals surface area contributed by atoms with E-state index in [1.54, 1.807) is 0 Å². The van der Waals surface area contributed by atoms with Crippen LogP contribution in [0.5, 0.6) is 0 Å². The van der Waals surface area contributed by atoms with Gasteiger partial charge in [0.2, 0.25) is 0 Å². The van der Waals surface area contributed by atoms with Gasteiger partial charge in [-0.15, -0.1) is 0 Å². The van der Waals surface area contributed by atoms with Crippen LogP contribution in [0.1, 0.15) is 22.3 Å². The van der Waals surface area contributed by atoms with E-state index in [-0.39, 0.29) is 0 Å². The van der Waals surface area contributed by atoms with Gasteiger partial charge in [0.25, 0.3) is 0 Å². The van der Waals surface area contributed by atoms with Crippen LogP contribution in [0.2, 0.25) is 0 Å². The van der Waals surface area contributed by atoms with Crippen LogP contribution >= 0.6 is 30.1 Å². The van der Waals surface area contributed by atoms with Gasteiger partial charge in [-0.05, 0) is 36.4 Å². The summed E-state index contributed by atoms with van der Waals surface area (Å²) in [6, 6.07) is 40.5. The van der Waals surface area contributed by atoms with Crippen molar-refractivity contribution in [2.24, 2.45) is 0 Å². The molecule has 1 fully saturated rings. The Labute approximate surface area is 270 Å². The van der Waals surface area contributed by atoms with E-state index >= 15 is 0 Å². The molecule has 0 saturated carbocycles. The lowest BCUT2D eigenvalue weighted by molar-refractivity contribution is -0.261. The normalized spacial score (nSPS) is 21.6. The van der Waals surface area contributed by atoms with Crippen molar-refractivity contribution >= 4 is 30.1 Å². The zero-order valence-electron chi connectivity index (χ0n) is 23.8. The lowest BCUT2D eigenvalue weighted by Crippen LogP contribution is -2.60. The van der Waals surface area contributed by atoms with Crippen molar-refractivity contribution in [1.29, 1.82) is 0 Å². The molecule has 43 heavy (non-hydrogen) atoms. The number of hydrogen-bond acceptors (Lipinski definition) is 6. The quantitative estimate of drug-likeness (QED) is 0.105. The summed E-state index contributed by atoms with van der Waals surface area (Å²) in [7, 11) is 1.42. The molecule has 0 N–H and O–H groups in total. The molecule has 1 aliphatic heterocycles. The van der Waals surface area contributed by atoms with Crippen molar-refractivity contribution in [1.82, 2.24) is 0 Å². The smallest absolute Gasteiger partial charge is 0.148 e. The Morgan fingerprint density at radius 3 is 1.44 bits per heavy atom. The molecule has 7 heteroatoms. The number of rotatable bonds is 13. The van der Waals surface area contributed by atoms with Gasteiger partial charge in [0.15, 0.2) is 0 Å². The van der Waals surface area contributed by atoms with Crippen molar-refractivity contribution in [2.75, 3.05) is 6.61 Å². The zero-order chi connectivity index (χ0) is 29.5. The third-order valence-electron chi connectivity index (χ3n) is 7.12. The van der Waals surface area contributed by atoms with Crippen LogP contribution < -0.4 is 0 Å². The molecule has 0 spiro atoms. The molecular weight excluding hydrogens is 671 g/mol. The fourth-order valence-electron chi connectivity index (χ4n) is 4.99. The van der Waals surface area contributed by atoms with Crippen LogP contribution in [0.3, 0.4) is 0 Å². The average Bonchev–Trinajstić information content (AvgIpc) is 3.07. The first-order valence-electron chi connectivity index (χ1n) is 14.3. The van der Waals surface area contributed by atoms with Gasteiger partial charge in [0.1, 0.15) is 30.5 Å². The fraction of sp³-hybridized carbons (Fsp3) is 0.278. The van der Waals surface area contributed by atoms with Gasteiger partial charge < -0.3 is 23.7 Å². The second-order valence-corrected chi connectivity index (χ2v) is 11.9. The van der Waals surface area contributed by atoms with Gasteiger partial charge in [-0.2, -0.15) is 0 Å². The maximum absolute atomic E-state index is 6.71. The predicted octanol–water partition coefficient (Wildman–Crippen LogP) is 7.77. The SMILES string of the molecule is ISC#CC1OC(COCc2ccccc2)[C@@H](OCc2ccccc2)C(OCc2ccccc2)C1OCc1ccccc1. The van der Waals surface area contributed by atoms with Gasteiger partial charge >= 0.3 is 0 Å². The largest absolute Gasteiger partial charge is 0.374 e. The van der Waals surface area contributed by atoms with Crippen molar-refractivity contribution in [3.05, 3.63) is 144 Å². The molecule has 5 rings (SSSR count). The fourth-order valence-corrected chi connectivity index (χ4v) is 5.53. The highest BCUT2D eigenvalue weighted by atomic mass is 127. The van der Waals surface area contributed by atoms with Crippen molar-refractivity contribution in [2.45, 2.75) is 56.9 Å². The molecule has 0 radical (unpaired) electrons. The van der Waals surface area contributed by atoms with Crippen LogP contribution in [0, 0.1) is 11.2 Å². The lowest BCUT2D eigenvalue weighted by atomic mass is 9.94. The zero-order valence-corrected chi connectivity index (χ0v) is 26.8. The predicted molar refractivity (Wildman–Crippen MR) is 179 cm³/mol. The van der Waals surface area contributed by atoms with E-state index in [0.29, 0.717) is 33.0 Å². The average molecular weight is 707 g/mol. The number of halogens is 1. The number of hydrogen-bond donors (Lipinski definition) is 0. The highest BCUT2D eigenvalue weighted by Crippen LogP contribution is 2.31. The molecule has 1 aliphatic rings. The molecule has 4 aromatic rings. The Hall–Kier alpha value is -2.68. The van der Waals surface area contributed by atoms with E-state index < -0.39 is 30.5 Å². The second-order valence-electron chi connectivity index (χ2n) is 10.2. The van der Waals surface area contributed by atoms with Crippen molar-refractivity contribution in [3.63, 3.8) is 0 Å². The summed E-state index contributed by atoms with van der Waals surface area (Å²) < 4.78 is 32.8. The molecule has 0 amide bonds. The molecule has 4 unspecified atom stereocenters. The van der Waals surface area contributed by atoms with E-state index in [1.807, 2.05) is 72.8 Å². The Balaban J connectivity index is 1.43. The Morgan fingerprint density at radius 2 is 0.977 bits per heavy atom. The summed E-state index contributed by atoms with van der Waals surface area (Å²) in [5.41, 5.74) is 4.30. The van der Waals surface area contributed by atoms with Gasteiger partial charge in [0, 0.05) is 21.2 Å². The molecule has 1 heterocycles. The summed E-state index contributed by atoms with van der Waals surface area (Å²) in [6.45, 7) is 1.99. The molecule has 5 nitrogen and oxygen atoms in total. The first-order valence-corrected chi connectivity index (χ1v) is 17.7. The first kappa shape index (κ1) is 31.7. The van der Waals surface area contributed by atoms with Crippen LogP contribution in [-0.4, -0.2) is 37.1 Å². The van der Waals surface area contributed by atoms with Crippen molar-refractivity contribution in [3.8, 4) is 11.2 Å². The molecular formula is C36H35IO5S. The lowest BCUT2D eigenvalue weighted by Gasteiger charge is -2.44. The van der Waals surface area contributed by atoms with Gasteiger partial charge in [-0.25, -0.2) is 0 Å². The van der Waals surface area contributed by atoms with Crippen LogP contribution in [0.25, 0.3) is 0 Å². The molecule has 4 aromatic carbocycles. The topological polar surface area (TPSA) is 46.2 Å². The van der Waals surface area contributed by atoms with Crippen LogP contribution in [0.15, 0.2) is 121 Å². The van der Waals surface area contributed by atoms with E-state index in [0.717, 1.165) is 22.3 Å². The Morgan fingerprint density at radius 1 is 0.558 bits per heavy atom. The molecule has 5 atom stereocenters. The summed E-state index contributed by atoms with van der Waals surface area (Å²) in [4.78, 5) is 0. The molecule has 0 aromatic heterocycles. The minimum Gasteiger partial charge on any atom is -0.374 e. The minimum absolute atomic E-state index is 0.320. The third kappa shape index (κ3) is 9.91. The first-order chi connectivity index (χ1) is 21.3. The van der Waals surface area contributed by atoms with Gasteiger partial charge in [-0.3, -0.25) is 0 Å². The van der Waals surface area contributed by atoms with Crippen LogP contribution in [-0.2, 0) is 50.1 Å². The molecule has 1 saturated heterocycles. The second kappa shape index (κ2) is 17.6. The van der Waals surface area contributed by atoms with Crippen molar-refractivity contribution < 1.29 is 23.7 Å². The highest BCUT2D eigenvalue weighted by molar-refractivity contribution is 14.2. The Bertz CT molecular complexity index is 1400. The number of benzene rings is 4. The highest BCUT2D eigenvalue weighted by Gasteiger charge is 2.48. The molecule has 0 aliphatic carbocycles. The van der Waals surface area contributed by atoms with Gasteiger partial charge in [-0.1, -0.05) is 127 Å². The maximum atomic E-state index is 6.71.